The van der Waals surface area contributed by atoms with Crippen molar-refractivity contribution in [3.05, 3.63) is 0 Å². The fourth-order valence-electron chi connectivity index (χ4n) is 1.02. The fraction of sp³-hybridized carbons (Fsp3) is 0.800. The van der Waals surface area contributed by atoms with Crippen LogP contribution in [0.3, 0.4) is 0 Å². The molecule has 1 unspecified atom stereocenters. The molecule has 0 bridgehead atoms. The zero-order valence-corrected chi connectivity index (χ0v) is 9.21. The molecule has 0 aromatic carbocycles. The van der Waals surface area contributed by atoms with Gasteiger partial charge in [0.15, 0.2) is 0 Å². The standard InChI is InChI=1S/C10H20N2O2/c1-4-5-6-7-8(2)11-12-9(3)10(13)14/h8,11H,4-7H2,1-3H3,(H,13,14). The van der Waals surface area contributed by atoms with E-state index in [0.29, 0.717) is 0 Å². The Bertz CT molecular complexity index is 202. The van der Waals surface area contributed by atoms with Crippen molar-refractivity contribution in [1.82, 2.24) is 5.43 Å². The van der Waals surface area contributed by atoms with Crippen LogP contribution in [0.2, 0.25) is 0 Å². The molecule has 0 spiro atoms. The van der Waals surface area contributed by atoms with Crippen LogP contribution >= 0.6 is 0 Å². The molecule has 0 saturated heterocycles. The topological polar surface area (TPSA) is 61.7 Å². The van der Waals surface area contributed by atoms with E-state index in [2.05, 4.69) is 17.5 Å². The van der Waals surface area contributed by atoms with E-state index in [-0.39, 0.29) is 11.8 Å². The van der Waals surface area contributed by atoms with E-state index in [1.807, 2.05) is 6.92 Å². The molecule has 4 nitrogen and oxygen atoms in total. The molecule has 0 heterocycles. The first-order chi connectivity index (χ1) is 6.57. The van der Waals surface area contributed by atoms with E-state index in [1.54, 1.807) is 0 Å². The fourth-order valence-corrected chi connectivity index (χ4v) is 1.02. The SMILES string of the molecule is CCCCCC(C)NN=C(C)C(=O)O. The average molecular weight is 200 g/mol. The summed E-state index contributed by atoms with van der Waals surface area (Å²) in [4.78, 5) is 10.4. The molecule has 0 rings (SSSR count). The summed E-state index contributed by atoms with van der Waals surface area (Å²) in [6, 6.07) is 0.246. The maximum absolute atomic E-state index is 10.4. The summed E-state index contributed by atoms with van der Waals surface area (Å²) >= 11 is 0. The highest BCUT2D eigenvalue weighted by Gasteiger charge is 2.03. The van der Waals surface area contributed by atoms with Gasteiger partial charge < -0.3 is 10.5 Å². The maximum atomic E-state index is 10.4. The number of nitrogens with zero attached hydrogens (tertiary/aromatic N) is 1. The molecule has 14 heavy (non-hydrogen) atoms. The van der Waals surface area contributed by atoms with Crippen molar-refractivity contribution in [2.45, 2.75) is 52.5 Å². The van der Waals surface area contributed by atoms with Crippen molar-refractivity contribution in [3.63, 3.8) is 0 Å². The van der Waals surface area contributed by atoms with Crippen molar-refractivity contribution in [1.29, 1.82) is 0 Å². The number of carbonyl (C=O) groups is 1. The first-order valence-corrected chi connectivity index (χ1v) is 5.11. The summed E-state index contributed by atoms with van der Waals surface area (Å²) in [5, 5.41) is 12.3. The van der Waals surface area contributed by atoms with Gasteiger partial charge in [-0.1, -0.05) is 26.2 Å². The number of aliphatic carboxylic acids is 1. The van der Waals surface area contributed by atoms with E-state index < -0.39 is 5.97 Å². The zero-order valence-electron chi connectivity index (χ0n) is 9.21. The lowest BCUT2D eigenvalue weighted by atomic mass is 10.1. The summed E-state index contributed by atoms with van der Waals surface area (Å²) in [5.74, 6) is -0.974. The molecule has 4 heteroatoms. The van der Waals surface area contributed by atoms with Gasteiger partial charge in [-0.3, -0.25) is 0 Å². The van der Waals surface area contributed by atoms with Gasteiger partial charge in [-0.2, -0.15) is 5.10 Å². The van der Waals surface area contributed by atoms with Crippen molar-refractivity contribution < 1.29 is 9.90 Å². The molecular weight excluding hydrogens is 180 g/mol. The minimum atomic E-state index is -0.974. The van der Waals surface area contributed by atoms with Crippen LogP contribution in [-0.2, 0) is 4.79 Å². The minimum absolute atomic E-state index is 0.104. The average Bonchev–Trinajstić information content (AvgIpc) is 2.14. The monoisotopic (exact) mass is 200 g/mol. The molecular formula is C10H20N2O2. The van der Waals surface area contributed by atoms with E-state index in [0.717, 1.165) is 12.8 Å². The maximum Gasteiger partial charge on any atom is 0.351 e. The van der Waals surface area contributed by atoms with Gasteiger partial charge in [0.25, 0.3) is 0 Å². The summed E-state index contributed by atoms with van der Waals surface area (Å²) in [6.45, 7) is 5.65. The van der Waals surface area contributed by atoms with Crippen LogP contribution in [0.1, 0.15) is 46.5 Å². The molecule has 0 radical (unpaired) electrons. The summed E-state index contributed by atoms with van der Waals surface area (Å²) in [5.41, 5.74) is 2.93. The number of rotatable bonds is 7. The van der Waals surface area contributed by atoms with Crippen LogP contribution in [0, 0.1) is 0 Å². The molecule has 0 aliphatic heterocycles. The highest BCUT2D eigenvalue weighted by Crippen LogP contribution is 2.02. The van der Waals surface area contributed by atoms with Crippen LogP contribution in [-0.4, -0.2) is 22.8 Å². The Kier molecular flexibility index (Phi) is 6.80. The molecule has 0 amide bonds. The summed E-state index contributed by atoms with van der Waals surface area (Å²) in [7, 11) is 0. The predicted molar refractivity (Wildman–Crippen MR) is 57.5 cm³/mol. The first kappa shape index (κ1) is 12.9. The van der Waals surface area contributed by atoms with Gasteiger partial charge in [-0.25, -0.2) is 4.79 Å². The van der Waals surface area contributed by atoms with Crippen LogP contribution in [0.5, 0.6) is 0 Å². The van der Waals surface area contributed by atoms with Crippen LogP contribution in [0.25, 0.3) is 0 Å². The van der Waals surface area contributed by atoms with Gasteiger partial charge in [0.05, 0.1) is 0 Å². The highest BCUT2D eigenvalue weighted by molar-refractivity contribution is 6.34. The Balaban J connectivity index is 3.67. The number of hydrazone groups is 1. The largest absolute Gasteiger partial charge is 0.477 e. The Morgan fingerprint density at radius 2 is 2.14 bits per heavy atom. The van der Waals surface area contributed by atoms with E-state index >= 15 is 0 Å². The van der Waals surface area contributed by atoms with Crippen LogP contribution in [0.15, 0.2) is 5.10 Å². The number of unbranched alkanes of at least 4 members (excludes halogenated alkanes) is 2. The van der Waals surface area contributed by atoms with Gasteiger partial charge in [0, 0.05) is 6.04 Å². The lowest BCUT2D eigenvalue weighted by molar-refractivity contribution is -0.129. The van der Waals surface area contributed by atoms with Crippen LogP contribution in [0.4, 0.5) is 0 Å². The molecule has 0 aromatic heterocycles. The zero-order chi connectivity index (χ0) is 11.0. The first-order valence-electron chi connectivity index (χ1n) is 5.11. The lowest BCUT2D eigenvalue weighted by Gasteiger charge is -2.10. The molecule has 2 N–H and O–H groups in total. The summed E-state index contributed by atoms with van der Waals surface area (Å²) < 4.78 is 0. The second kappa shape index (κ2) is 7.35. The van der Waals surface area contributed by atoms with Gasteiger partial charge in [0.1, 0.15) is 5.71 Å². The molecule has 82 valence electrons. The Morgan fingerprint density at radius 1 is 1.50 bits per heavy atom. The van der Waals surface area contributed by atoms with Crippen molar-refractivity contribution in [2.24, 2.45) is 5.10 Å². The Hall–Kier alpha value is -1.06. The molecule has 0 aliphatic carbocycles. The second-order valence-corrected chi connectivity index (χ2v) is 3.53. The lowest BCUT2D eigenvalue weighted by Crippen LogP contribution is -2.23. The van der Waals surface area contributed by atoms with E-state index in [9.17, 15) is 4.79 Å². The normalized spacial score (nSPS) is 13.8. The van der Waals surface area contributed by atoms with Crippen molar-refractivity contribution in [2.75, 3.05) is 0 Å². The molecule has 0 aliphatic rings. The molecule has 0 aromatic rings. The minimum Gasteiger partial charge on any atom is -0.477 e. The smallest absolute Gasteiger partial charge is 0.351 e. The number of nitrogens with one attached hydrogen (secondary N) is 1. The quantitative estimate of drug-likeness (QED) is 0.375. The third-order valence-electron chi connectivity index (χ3n) is 2.00. The van der Waals surface area contributed by atoms with Gasteiger partial charge in [-0.05, 0) is 20.3 Å². The van der Waals surface area contributed by atoms with E-state index in [4.69, 9.17) is 5.11 Å². The molecule has 0 saturated carbocycles. The second-order valence-electron chi connectivity index (χ2n) is 3.53. The highest BCUT2D eigenvalue weighted by atomic mass is 16.4. The number of hydrogen-bond donors (Lipinski definition) is 2. The Morgan fingerprint density at radius 3 is 2.64 bits per heavy atom. The third kappa shape index (κ3) is 6.46. The number of hydrogen-bond acceptors (Lipinski definition) is 3. The molecule has 0 fully saturated rings. The van der Waals surface area contributed by atoms with E-state index in [1.165, 1.54) is 19.8 Å². The molecule has 1 atom stereocenters. The Labute approximate surface area is 85.4 Å². The van der Waals surface area contributed by atoms with Gasteiger partial charge in [-0.15, -0.1) is 0 Å². The number of carboxylic acids is 1. The third-order valence-corrected chi connectivity index (χ3v) is 2.00. The van der Waals surface area contributed by atoms with Gasteiger partial charge >= 0.3 is 5.97 Å². The van der Waals surface area contributed by atoms with Crippen LogP contribution < -0.4 is 5.43 Å². The van der Waals surface area contributed by atoms with Crippen molar-refractivity contribution >= 4 is 11.7 Å². The number of carboxylic acid groups (broad SMARTS) is 1. The summed E-state index contributed by atoms with van der Waals surface area (Å²) in [6.07, 6.45) is 4.61. The van der Waals surface area contributed by atoms with Crippen molar-refractivity contribution in [3.8, 4) is 0 Å². The van der Waals surface area contributed by atoms with Gasteiger partial charge in [0.2, 0.25) is 0 Å². The predicted octanol–water partition coefficient (Wildman–Crippen LogP) is 2.01.